The number of amides is 2. The summed E-state index contributed by atoms with van der Waals surface area (Å²) in [5.74, 6) is 0.434. The Bertz CT molecular complexity index is 816. The third kappa shape index (κ3) is 5.05. The van der Waals surface area contributed by atoms with Crippen LogP contribution in [0, 0.1) is 0 Å². The number of morpholine rings is 1. The van der Waals surface area contributed by atoms with Crippen LogP contribution in [0.4, 0.5) is 4.79 Å². The number of nitrogens with zero attached hydrogens (tertiary/aromatic N) is 2. The predicted octanol–water partition coefficient (Wildman–Crippen LogP) is 2.35. The first-order chi connectivity index (χ1) is 13.2. The van der Waals surface area contributed by atoms with Crippen LogP contribution in [0.25, 0.3) is 0 Å². The van der Waals surface area contributed by atoms with Crippen LogP contribution in [0.1, 0.15) is 15.2 Å². The van der Waals surface area contributed by atoms with Gasteiger partial charge in [-0.15, -0.1) is 11.3 Å². The number of ether oxygens (including phenoxy) is 3. The molecule has 0 aliphatic carbocycles. The highest BCUT2D eigenvalue weighted by Crippen LogP contribution is 2.28. The summed E-state index contributed by atoms with van der Waals surface area (Å²) in [6, 6.07) is 8.52. The molecule has 1 N–H and O–H groups in total. The molecule has 1 aliphatic rings. The number of hydrogen-bond donors (Lipinski definition) is 1. The van der Waals surface area contributed by atoms with Crippen molar-refractivity contribution in [3.05, 3.63) is 46.2 Å². The van der Waals surface area contributed by atoms with Gasteiger partial charge in [-0.3, -0.25) is 4.79 Å². The lowest BCUT2D eigenvalue weighted by molar-refractivity contribution is 0.0413. The molecule has 1 aliphatic heterocycles. The maximum atomic E-state index is 12.2. The number of carbonyl (C=O) groups is 2. The molecule has 9 heteroatoms. The molecule has 0 radical (unpaired) electrons. The molecule has 2 aromatic rings. The Labute approximate surface area is 160 Å². The van der Waals surface area contributed by atoms with Crippen molar-refractivity contribution < 1.29 is 23.8 Å². The summed E-state index contributed by atoms with van der Waals surface area (Å²) in [6.45, 7) is 1.99. The van der Waals surface area contributed by atoms with Crippen LogP contribution in [0.15, 0.2) is 40.8 Å². The van der Waals surface area contributed by atoms with Crippen LogP contribution in [0.2, 0.25) is 0 Å². The summed E-state index contributed by atoms with van der Waals surface area (Å²) in [6.07, 6.45) is 1.04. The van der Waals surface area contributed by atoms with E-state index in [1.165, 1.54) is 24.7 Å². The second kappa shape index (κ2) is 9.15. The van der Waals surface area contributed by atoms with Crippen LogP contribution in [-0.4, -0.2) is 56.5 Å². The molecule has 0 spiro atoms. The van der Waals surface area contributed by atoms with E-state index in [1.54, 1.807) is 35.2 Å². The zero-order valence-corrected chi connectivity index (χ0v) is 15.5. The number of rotatable bonds is 5. The Kier molecular flexibility index (Phi) is 6.39. The van der Waals surface area contributed by atoms with Crippen molar-refractivity contribution in [2.75, 3.05) is 33.4 Å². The van der Waals surface area contributed by atoms with Crippen LogP contribution in [0.5, 0.6) is 11.5 Å². The number of thiophene rings is 1. The number of nitrogens with one attached hydrogen (secondary N) is 1. The smallest absolute Gasteiger partial charge is 0.415 e. The highest BCUT2D eigenvalue weighted by Gasteiger charge is 2.20. The Hall–Kier alpha value is -2.91. The first-order valence-electron chi connectivity index (χ1n) is 8.27. The maximum absolute atomic E-state index is 12.2. The molecule has 1 aromatic heterocycles. The molecule has 0 saturated carbocycles. The molecule has 0 unspecified atom stereocenters. The fourth-order valence-electron chi connectivity index (χ4n) is 2.38. The number of benzene rings is 1. The van der Waals surface area contributed by atoms with Crippen molar-refractivity contribution in [2.45, 2.75) is 0 Å². The zero-order valence-electron chi connectivity index (χ0n) is 14.7. The highest BCUT2D eigenvalue weighted by molar-refractivity contribution is 7.12. The molecular weight excluding hydrogens is 370 g/mol. The minimum atomic E-state index is -0.443. The molecular formula is C18H19N3O5S. The molecule has 2 heterocycles. The average Bonchev–Trinajstić information content (AvgIpc) is 3.24. The van der Waals surface area contributed by atoms with Gasteiger partial charge in [0.2, 0.25) is 0 Å². The van der Waals surface area contributed by atoms with Crippen molar-refractivity contribution in [1.29, 1.82) is 0 Å². The summed E-state index contributed by atoms with van der Waals surface area (Å²) >= 11 is 1.34. The van der Waals surface area contributed by atoms with Gasteiger partial charge in [0.25, 0.3) is 5.91 Å². The van der Waals surface area contributed by atoms with E-state index in [4.69, 9.17) is 14.2 Å². The largest absolute Gasteiger partial charge is 0.493 e. The molecule has 27 heavy (non-hydrogen) atoms. The van der Waals surface area contributed by atoms with Gasteiger partial charge in [-0.2, -0.15) is 5.10 Å². The van der Waals surface area contributed by atoms with E-state index in [0.29, 0.717) is 48.2 Å². The van der Waals surface area contributed by atoms with Gasteiger partial charge in [0.15, 0.2) is 11.5 Å². The molecule has 142 valence electrons. The summed E-state index contributed by atoms with van der Waals surface area (Å²) in [5, 5.41) is 5.75. The third-order valence-electron chi connectivity index (χ3n) is 3.78. The molecule has 1 saturated heterocycles. The Balaban J connectivity index is 1.62. The number of hydrogen-bond acceptors (Lipinski definition) is 7. The lowest BCUT2D eigenvalue weighted by Gasteiger charge is -2.26. The Morgan fingerprint density at radius 2 is 2.07 bits per heavy atom. The topological polar surface area (TPSA) is 89.5 Å². The van der Waals surface area contributed by atoms with Gasteiger partial charge in [0.1, 0.15) is 0 Å². The van der Waals surface area contributed by atoms with Crippen LogP contribution in [-0.2, 0) is 4.74 Å². The van der Waals surface area contributed by atoms with Crippen LogP contribution in [0.3, 0.4) is 0 Å². The standard InChI is InChI=1S/C18H19N3O5S/c1-24-15-11-13(12-19-20-17(22)16-3-2-10-27-16)4-5-14(15)26-18(23)21-6-8-25-9-7-21/h2-5,10-12H,6-9H2,1H3,(H,20,22)/b19-12+. The molecule has 1 aromatic carbocycles. The first-order valence-corrected chi connectivity index (χ1v) is 9.15. The van der Waals surface area contributed by atoms with Gasteiger partial charge in [-0.1, -0.05) is 6.07 Å². The van der Waals surface area contributed by atoms with Crippen molar-refractivity contribution >= 4 is 29.6 Å². The second-order valence-electron chi connectivity index (χ2n) is 5.55. The quantitative estimate of drug-likeness (QED) is 0.626. The van der Waals surface area contributed by atoms with Gasteiger partial charge in [0, 0.05) is 13.1 Å². The van der Waals surface area contributed by atoms with Crippen LogP contribution < -0.4 is 14.9 Å². The second-order valence-corrected chi connectivity index (χ2v) is 6.50. The summed E-state index contributed by atoms with van der Waals surface area (Å²) < 4.78 is 15.9. The molecule has 0 bridgehead atoms. The predicted molar refractivity (Wildman–Crippen MR) is 101 cm³/mol. The zero-order chi connectivity index (χ0) is 19.1. The normalized spacial score (nSPS) is 14.2. The lowest BCUT2D eigenvalue weighted by Crippen LogP contribution is -2.42. The monoisotopic (exact) mass is 389 g/mol. The van der Waals surface area contributed by atoms with Gasteiger partial charge in [0.05, 0.1) is 31.4 Å². The van der Waals surface area contributed by atoms with E-state index in [9.17, 15) is 9.59 Å². The van der Waals surface area contributed by atoms with Crippen molar-refractivity contribution in [3.63, 3.8) is 0 Å². The Morgan fingerprint density at radius 3 is 2.78 bits per heavy atom. The molecule has 3 rings (SSSR count). The molecule has 0 atom stereocenters. The van der Waals surface area contributed by atoms with E-state index in [2.05, 4.69) is 10.5 Å². The molecule has 1 fully saturated rings. The fraction of sp³-hybridized carbons (Fsp3) is 0.278. The van der Waals surface area contributed by atoms with E-state index in [-0.39, 0.29) is 5.91 Å². The third-order valence-corrected chi connectivity index (χ3v) is 4.65. The average molecular weight is 389 g/mol. The van der Waals surface area contributed by atoms with Crippen LogP contribution >= 0.6 is 11.3 Å². The van der Waals surface area contributed by atoms with Gasteiger partial charge < -0.3 is 19.1 Å². The number of hydrazone groups is 1. The fourth-order valence-corrected chi connectivity index (χ4v) is 3.00. The van der Waals surface area contributed by atoms with Crippen molar-refractivity contribution in [3.8, 4) is 11.5 Å². The number of carbonyl (C=O) groups excluding carboxylic acids is 2. The first kappa shape index (κ1) is 18.9. The van der Waals surface area contributed by atoms with E-state index in [1.807, 2.05) is 5.38 Å². The van der Waals surface area contributed by atoms with E-state index < -0.39 is 6.09 Å². The summed E-state index contributed by atoms with van der Waals surface area (Å²) in [5.41, 5.74) is 3.14. The number of methoxy groups -OCH3 is 1. The van der Waals surface area contributed by atoms with Crippen molar-refractivity contribution in [2.24, 2.45) is 5.10 Å². The van der Waals surface area contributed by atoms with E-state index >= 15 is 0 Å². The van der Waals surface area contributed by atoms with Crippen molar-refractivity contribution in [1.82, 2.24) is 10.3 Å². The maximum Gasteiger partial charge on any atom is 0.415 e. The van der Waals surface area contributed by atoms with Gasteiger partial charge >= 0.3 is 6.09 Å². The summed E-state index contributed by atoms with van der Waals surface area (Å²) in [7, 11) is 1.49. The Morgan fingerprint density at radius 1 is 1.26 bits per heavy atom. The lowest BCUT2D eigenvalue weighted by atomic mass is 10.2. The molecule has 2 amide bonds. The minimum absolute atomic E-state index is 0.274. The molecule has 8 nitrogen and oxygen atoms in total. The minimum Gasteiger partial charge on any atom is -0.493 e. The van der Waals surface area contributed by atoms with Gasteiger partial charge in [-0.25, -0.2) is 10.2 Å². The highest BCUT2D eigenvalue weighted by atomic mass is 32.1. The SMILES string of the molecule is COc1cc(/C=N/NC(=O)c2cccs2)ccc1OC(=O)N1CCOCC1. The van der Waals surface area contributed by atoms with E-state index in [0.717, 1.165) is 0 Å². The summed E-state index contributed by atoms with van der Waals surface area (Å²) in [4.78, 5) is 26.2. The van der Waals surface area contributed by atoms with Gasteiger partial charge in [-0.05, 0) is 35.2 Å².